The molecule has 0 N–H and O–H groups in total. The summed E-state index contributed by atoms with van der Waals surface area (Å²) >= 11 is 5.17. The van der Waals surface area contributed by atoms with Crippen molar-refractivity contribution in [1.29, 1.82) is 0 Å². The molecule has 0 atom stereocenters. The van der Waals surface area contributed by atoms with Gasteiger partial charge in [-0.3, -0.25) is 0 Å². The fourth-order valence-corrected chi connectivity index (χ4v) is 2.27. The second-order valence-corrected chi connectivity index (χ2v) is 4.52. The Morgan fingerprint density at radius 3 is 2.85 bits per heavy atom. The van der Waals surface area contributed by atoms with Crippen molar-refractivity contribution in [1.82, 2.24) is 4.98 Å². The summed E-state index contributed by atoms with van der Waals surface area (Å²) in [6, 6.07) is 0. The summed E-state index contributed by atoms with van der Waals surface area (Å²) in [5.41, 5.74) is 1.12. The lowest BCUT2D eigenvalue weighted by atomic mass is 10.4. The van der Waals surface area contributed by atoms with E-state index in [1.807, 2.05) is 6.92 Å². The lowest BCUT2D eigenvalue weighted by molar-refractivity contribution is 0.794. The molecule has 1 aromatic heterocycles. The van der Waals surface area contributed by atoms with Gasteiger partial charge in [-0.05, 0) is 20.3 Å². The number of hydrogen-bond acceptors (Lipinski definition) is 3. The lowest BCUT2D eigenvalue weighted by Crippen LogP contribution is -2.23. The molecule has 0 amide bonds. The zero-order valence-electron chi connectivity index (χ0n) is 8.09. The number of aromatic nitrogens is 1. The van der Waals surface area contributed by atoms with E-state index in [-0.39, 0.29) is 0 Å². The smallest absolute Gasteiger partial charge is 0.185 e. The third-order valence-corrected chi connectivity index (χ3v) is 3.40. The monoisotopic (exact) mass is 262 g/mol. The van der Waals surface area contributed by atoms with E-state index < -0.39 is 0 Å². The van der Waals surface area contributed by atoms with Gasteiger partial charge in [-0.1, -0.05) is 15.9 Å². The quantitative estimate of drug-likeness (QED) is 0.759. The van der Waals surface area contributed by atoms with Gasteiger partial charge in [0.25, 0.3) is 0 Å². The minimum absolute atomic E-state index is 1.04. The van der Waals surface area contributed by atoms with Crippen LogP contribution >= 0.6 is 27.3 Å². The van der Waals surface area contributed by atoms with Crippen molar-refractivity contribution in [3.05, 3.63) is 11.1 Å². The molecule has 0 radical (unpaired) electrons. The van der Waals surface area contributed by atoms with E-state index in [0.29, 0.717) is 0 Å². The van der Waals surface area contributed by atoms with Gasteiger partial charge in [0, 0.05) is 23.8 Å². The SMILES string of the molecule is CCN(CCCBr)c1nc(C)cs1. The summed E-state index contributed by atoms with van der Waals surface area (Å²) in [4.78, 5) is 6.78. The van der Waals surface area contributed by atoms with E-state index in [1.165, 1.54) is 6.42 Å². The molecule has 1 aromatic rings. The molecule has 0 aromatic carbocycles. The molecule has 4 heteroatoms. The van der Waals surface area contributed by atoms with Gasteiger partial charge >= 0.3 is 0 Å². The number of halogens is 1. The number of thiazole rings is 1. The normalized spacial score (nSPS) is 10.4. The standard InChI is InChI=1S/C9H15BrN2S/c1-3-12(6-4-5-10)9-11-8(2)7-13-9/h7H,3-6H2,1-2H3. The van der Waals surface area contributed by atoms with E-state index in [4.69, 9.17) is 0 Å². The van der Waals surface area contributed by atoms with Crippen molar-refractivity contribution in [2.24, 2.45) is 0 Å². The molecule has 0 bridgehead atoms. The van der Waals surface area contributed by atoms with Crippen LogP contribution in [-0.4, -0.2) is 23.4 Å². The third kappa shape index (κ3) is 3.27. The molecule has 13 heavy (non-hydrogen) atoms. The maximum absolute atomic E-state index is 4.46. The van der Waals surface area contributed by atoms with Crippen LogP contribution in [0.4, 0.5) is 5.13 Å². The Morgan fingerprint density at radius 1 is 1.62 bits per heavy atom. The number of anilines is 1. The van der Waals surface area contributed by atoms with E-state index in [2.05, 4.69) is 38.1 Å². The largest absolute Gasteiger partial charge is 0.348 e. The summed E-state index contributed by atoms with van der Waals surface area (Å²) in [6.45, 7) is 6.35. The fourth-order valence-electron chi connectivity index (χ4n) is 1.13. The first-order valence-electron chi connectivity index (χ1n) is 4.51. The van der Waals surface area contributed by atoms with Gasteiger partial charge in [-0.15, -0.1) is 11.3 Å². The van der Waals surface area contributed by atoms with E-state index in [9.17, 15) is 0 Å². The van der Waals surface area contributed by atoms with Crippen LogP contribution in [0.3, 0.4) is 0 Å². The van der Waals surface area contributed by atoms with Gasteiger partial charge in [0.05, 0.1) is 5.69 Å². The Balaban J connectivity index is 2.56. The maximum atomic E-state index is 4.46. The average molecular weight is 263 g/mol. The first kappa shape index (κ1) is 11.0. The number of alkyl halides is 1. The molecule has 0 aliphatic carbocycles. The molecule has 74 valence electrons. The highest BCUT2D eigenvalue weighted by atomic mass is 79.9. The second kappa shape index (κ2) is 5.60. The number of aryl methyl sites for hydroxylation is 1. The van der Waals surface area contributed by atoms with E-state index >= 15 is 0 Å². The van der Waals surface area contributed by atoms with Crippen molar-refractivity contribution in [2.75, 3.05) is 23.3 Å². The van der Waals surface area contributed by atoms with Crippen LogP contribution in [0.25, 0.3) is 0 Å². The average Bonchev–Trinajstić information content (AvgIpc) is 2.54. The highest BCUT2D eigenvalue weighted by Gasteiger charge is 2.06. The predicted octanol–water partition coefficient (Wildman–Crippen LogP) is 3.06. The van der Waals surface area contributed by atoms with Crippen LogP contribution in [-0.2, 0) is 0 Å². The third-order valence-electron chi connectivity index (χ3n) is 1.82. The summed E-state index contributed by atoms with van der Waals surface area (Å²) in [5, 5.41) is 4.32. The Morgan fingerprint density at radius 2 is 2.38 bits per heavy atom. The molecule has 0 unspecified atom stereocenters. The van der Waals surface area contributed by atoms with Gasteiger partial charge < -0.3 is 4.90 Å². The number of nitrogens with zero attached hydrogens (tertiary/aromatic N) is 2. The minimum atomic E-state index is 1.04. The van der Waals surface area contributed by atoms with Crippen LogP contribution in [0.1, 0.15) is 19.0 Å². The molecule has 0 saturated heterocycles. The molecule has 0 spiro atoms. The zero-order valence-corrected chi connectivity index (χ0v) is 10.5. The number of rotatable bonds is 5. The lowest BCUT2D eigenvalue weighted by Gasteiger charge is -2.18. The molecule has 0 fully saturated rings. The van der Waals surface area contributed by atoms with Crippen molar-refractivity contribution >= 4 is 32.4 Å². The molecular weight excluding hydrogens is 248 g/mol. The first-order valence-corrected chi connectivity index (χ1v) is 6.51. The highest BCUT2D eigenvalue weighted by Crippen LogP contribution is 2.19. The molecule has 0 aliphatic heterocycles. The molecule has 2 nitrogen and oxygen atoms in total. The van der Waals surface area contributed by atoms with Gasteiger partial charge in [-0.2, -0.15) is 0 Å². The Bertz CT molecular complexity index is 250. The Kier molecular flexibility index (Phi) is 4.73. The molecule has 0 aliphatic rings. The number of hydrogen-bond donors (Lipinski definition) is 0. The first-order chi connectivity index (χ1) is 6.27. The van der Waals surface area contributed by atoms with Crippen LogP contribution in [0.15, 0.2) is 5.38 Å². The highest BCUT2D eigenvalue weighted by molar-refractivity contribution is 9.09. The predicted molar refractivity (Wildman–Crippen MR) is 63.1 cm³/mol. The van der Waals surface area contributed by atoms with Gasteiger partial charge in [0.1, 0.15) is 0 Å². The summed E-state index contributed by atoms with van der Waals surface area (Å²) in [6.07, 6.45) is 1.17. The maximum Gasteiger partial charge on any atom is 0.185 e. The summed E-state index contributed by atoms with van der Waals surface area (Å²) < 4.78 is 0. The van der Waals surface area contributed by atoms with Gasteiger partial charge in [0.15, 0.2) is 5.13 Å². The fraction of sp³-hybridized carbons (Fsp3) is 0.667. The van der Waals surface area contributed by atoms with Crippen LogP contribution < -0.4 is 4.90 Å². The van der Waals surface area contributed by atoms with Crippen molar-refractivity contribution in [3.63, 3.8) is 0 Å². The molecular formula is C9H15BrN2S. The topological polar surface area (TPSA) is 16.1 Å². The van der Waals surface area contributed by atoms with Crippen LogP contribution in [0, 0.1) is 6.92 Å². The Hall–Kier alpha value is -0.0900. The molecule has 1 rings (SSSR count). The summed E-state index contributed by atoms with van der Waals surface area (Å²) in [5.74, 6) is 0. The zero-order chi connectivity index (χ0) is 9.68. The van der Waals surface area contributed by atoms with Crippen molar-refractivity contribution < 1.29 is 0 Å². The second-order valence-electron chi connectivity index (χ2n) is 2.89. The van der Waals surface area contributed by atoms with Crippen LogP contribution in [0.5, 0.6) is 0 Å². The van der Waals surface area contributed by atoms with E-state index in [1.54, 1.807) is 11.3 Å². The van der Waals surface area contributed by atoms with Gasteiger partial charge in [-0.25, -0.2) is 4.98 Å². The minimum Gasteiger partial charge on any atom is -0.348 e. The molecule has 0 saturated carbocycles. The van der Waals surface area contributed by atoms with Crippen molar-refractivity contribution in [3.8, 4) is 0 Å². The van der Waals surface area contributed by atoms with Crippen LogP contribution in [0.2, 0.25) is 0 Å². The Labute approximate surface area is 92.1 Å². The summed E-state index contributed by atoms with van der Waals surface area (Å²) in [7, 11) is 0. The van der Waals surface area contributed by atoms with Crippen molar-refractivity contribution in [2.45, 2.75) is 20.3 Å². The van der Waals surface area contributed by atoms with E-state index in [0.717, 1.165) is 29.2 Å². The van der Waals surface area contributed by atoms with Gasteiger partial charge in [0.2, 0.25) is 0 Å². The molecule has 1 heterocycles.